The van der Waals surface area contributed by atoms with Crippen LogP contribution in [0.3, 0.4) is 0 Å². The first-order valence-electron chi connectivity index (χ1n) is 4.42. The second-order valence-corrected chi connectivity index (χ2v) is 3.24. The standard InChI is InChI=1S/C11H13NOS/c13-12-9-11-7-2-1-5-10(11)6-3-4-8-14/h1-3,5-7,9,13-14H,4,8H2. The minimum atomic E-state index is 0.840. The van der Waals surface area contributed by atoms with Crippen molar-refractivity contribution in [3.63, 3.8) is 0 Å². The highest BCUT2D eigenvalue weighted by atomic mass is 32.1. The van der Waals surface area contributed by atoms with E-state index < -0.39 is 0 Å². The number of allylic oxidation sites excluding steroid dienone is 1. The SMILES string of the molecule is ON=Cc1ccccc1C=CCCS. The molecule has 0 bridgehead atoms. The van der Waals surface area contributed by atoms with Crippen molar-refractivity contribution in [1.82, 2.24) is 0 Å². The molecule has 0 fully saturated rings. The molecule has 0 radical (unpaired) electrons. The van der Waals surface area contributed by atoms with Crippen LogP contribution in [0.15, 0.2) is 35.5 Å². The fraction of sp³-hybridized carbons (Fsp3) is 0.182. The molecule has 3 heteroatoms. The zero-order valence-corrected chi connectivity index (χ0v) is 8.69. The summed E-state index contributed by atoms with van der Waals surface area (Å²) in [6.45, 7) is 0. The third kappa shape index (κ3) is 3.26. The molecular formula is C11H13NOS. The van der Waals surface area contributed by atoms with Crippen LogP contribution in [0.25, 0.3) is 6.08 Å². The van der Waals surface area contributed by atoms with Gasteiger partial charge in [-0.15, -0.1) is 0 Å². The third-order valence-electron chi connectivity index (χ3n) is 1.79. The maximum atomic E-state index is 8.45. The molecule has 1 aromatic rings. The number of benzene rings is 1. The van der Waals surface area contributed by atoms with Gasteiger partial charge in [0.2, 0.25) is 0 Å². The minimum Gasteiger partial charge on any atom is -0.411 e. The van der Waals surface area contributed by atoms with Crippen molar-refractivity contribution in [2.24, 2.45) is 5.16 Å². The van der Waals surface area contributed by atoms with Gasteiger partial charge in [-0.3, -0.25) is 0 Å². The van der Waals surface area contributed by atoms with Crippen molar-refractivity contribution in [3.8, 4) is 0 Å². The molecule has 74 valence electrons. The van der Waals surface area contributed by atoms with Crippen LogP contribution in [-0.4, -0.2) is 17.2 Å². The lowest BCUT2D eigenvalue weighted by Gasteiger charge is -1.98. The van der Waals surface area contributed by atoms with Gasteiger partial charge >= 0.3 is 0 Å². The number of oxime groups is 1. The molecule has 0 saturated heterocycles. The summed E-state index contributed by atoms with van der Waals surface area (Å²) in [4.78, 5) is 0. The Morgan fingerprint density at radius 1 is 1.29 bits per heavy atom. The van der Waals surface area contributed by atoms with E-state index in [-0.39, 0.29) is 0 Å². The Labute approximate surface area is 89.4 Å². The third-order valence-corrected chi connectivity index (χ3v) is 2.04. The molecule has 0 aromatic heterocycles. The monoisotopic (exact) mass is 207 g/mol. The van der Waals surface area contributed by atoms with Gasteiger partial charge in [0, 0.05) is 5.56 Å². The Hall–Kier alpha value is -1.22. The number of rotatable bonds is 4. The van der Waals surface area contributed by atoms with Crippen molar-refractivity contribution >= 4 is 24.9 Å². The molecule has 1 N–H and O–H groups in total. The van der Waals surface area contributed by atoms with Crippen LogP contribution in [0.1, 0.15) is 17.5 Å². The molecule has 0 aliphatic heterocycles. The lowest BCUT2D eigenvalue weighted by molar-refractivity contribution is 0.322. The zero-order chi connectivity index (χ0) is 10.2. The normalized spacial score (nSPS) is 11.5. The maximum absolute atomic E-state index is 8.45. The summed E-state index contributed by atoms with van der Waals surface area (Å²) in [6.07, 6.45) is 6.43. The van der Waals surface area contributed by atoms with Gasteiger partial charge in [0.25, 0.3) is 0 Å². The number of hydrogen-bond donors (Lipinski definition) is 2. The smallest absolute Gasteiger partial charge is 0.0739 e. The molecule has 0 aliphatic carbocycles. The van der Waals surface area contributed by atoms with E-state index in [1.807, 2.05) is 30.3 Å². The summed E-state index contributed by atoms with van der Waals surface area (Å²) in [6, 6.07) is 7.74. The molecule has 0 saturated carbocycles. The second kappa shape index (κ2) is 6.27. The molecule has 0 amide bonds. The van der Waals surface area contributed by atoms with Crippen LogP contribution < -0.4 is 0 Å². The first kappa shape index (κ1) is 10.9. The highest BCUT2D eigenvalue weighted by Crippen LogP contribution is 2.08. The van der Waals surface area contributed by atoms with Crippen LogP contribution in [0, 0.1) is 0 Å². The van der Waals surface area contributed by atoms with Crippen LogP contribution >= 0.6 is 12.6 Å². The first-order chi connectivity index (χ1) is 6.88. The van der Waals surface area contributed by atoms with Crippen LogP contribution in [0.2, 0.25) is 0 Å². The van der Waals surface area contributed by atoms with E-state index in [0.29, 0.717) is 0 Å². The largest absolute Gasteiger partial charge is 0.411 e. The Balaban J connectivity index is 2.84. The van der Waals surface area contributed by atoms with Gasteiger partial charge in [-0.25, -0.2) is 0 Å². The topological polar surface area (TPSA) is 32.6 Å². The average molecular weight is 207 g/mol. The lowest BCUT2D eigenvalue weighted by Crippen LogP contribution is -1.85. The van der Waals surface area contributed by atoms with Gasteiger partial charge in [0.1, 0.15) is 0 Å². The molecule has 2 nitrogen and oxygen atoms in total. The Morgan fingerprint density at radius 2 is 2.00 bits per heavy atom. The zero-order valence-electron chi connectivity index (χ0n) is 7.80. The van der Waals surface area contributed by atoms with E-state index in [9.17, 15) is 0 Å². The fourth-order valence-corrected chi connectivity index (χ4v) is 1.28. The summed E-state index contributed by atoms with van der Waals surface area (Å²) in [5.74, 6) is 0.840. The van der Waals surface area contributed by atoms with Gasteiger partial charge in [-0.05, 0) is 17.7 Å². The Bertz CT molecular complexity index is 334. The van der Waals surface area contributed by atoms with Crippen molar-refractivity contribution in [3.05, 3.63) is 41.5 Å². The predicted molar refractivity (Wildman–Crippen MR) is 63.3 cm³/mol. The molecular weight excluding hydrogens is 194 g/mol. The summed E-state index contributed by atoms with van der Waals surface area (Å²) < 4.78 is 0. The molecule has 0 heterocycles. The van der Waals surface area contributed by atoms with Crippen LogP contribution in [0.5, 0.6) is 0 Å². The summed E-state index contributed by atoms with van der Waals surface area (Å²) in [5.41, 5.74) is 1.96. The van der Waals surface area contributed by atoms with Crippen molar-refractivity contribution in [2.45, 2.75) is 6.42 Å². The lowest BCUT2D eigenvalue weighted by atomic mass is 10.1. The highest BCUT2D eigenvalue weighted by Gasteiger charge is 1.93. The van der Waals surface area contributed by atoms with E-state index in [1.54, 1.807) is 0 Å². The molecule has 0 aliphatic rings. The van der Waals surface area contributed by atoms with E-state index in [2.05, 4.69) is 23.9 Å². The van der Waals surface area contributed by atoms with E-state index in [4.69, 9.17) is 5.21 Å². The van der Waals surface area contributed by atoms with Crippen molar-refractivity contribution < 1.29 is 5.21 Å². The minimum absolute atomic E-state index is 0.840. The summed E-state index contributed by atoms with van der Waals surface area (Å²) in [7, 11) is 0. The van der Waals surface area contributed by atoms with E-state index >= 15 is 0 Å². The van der Waals surface area contributed by atoms with Gasteiger partial charge in [-0.2, -0.15) is 12.6 Å². The number of hydrogen-bond acceptors (Lipinski definition) is 3. The fourth-order valence-electron chi connectivity index (χ4n) is 1.13. The second-order valence-electron chi connectivity index (χ2n) is 2.79. The molecule has 1 rings (SSSR count). The predicted octanol–water partition coefficient (Wildman–Crippen LogP) is 2.83. The summed E-state index contributed by atoms with van der Waals surface area (Å²) in [5, 5.41) is 11.5. The highest BCUT2D eigenvalue weighted by molar-refractivity contribution is 7.80. The van der Waals surface area contributed by atoms with Gasteiger partial charge in [0.05, 0.1) is 6.21 Å². The van der Waals surface area contributed by atoms with E-state index in [1.165, 1.54) is 6.21 Å². The van der Waals surface area contributed by atoms with Gasteiger partial charge < -0.3 is 5.21 Å². The Kier molecular flexibility index (Phi) is 4.86. The van der Waals surface area contributed by atoms with Crippen LogP contribution in [0.4, 0.5) is 0 Å². The first-order valence-corrected chi connectivity index (χ1v) is 5.05. The van der Waals surface area contributed by atoms with Gasteiger partial charge in [0.15, 0.2) is 0 Å². The number of thiol groups is 1. The van der Waals surface area contributed by atoms with Crippen molar-refractivity contribution in [1.29, 1.82) is 0 Å². The summed E-state index contributed by atoms with van der Waals surface area (Å²) >= 11 is 4.12. The molecule has 0 spiro atoms. The molecule has 1 aromatic carbocycles. The molecule has 0 atom stereocenters. The molecule has 14 heavy (non-hydrogen) atoms. The van der Waals surface area contributed by atoms with Crippen molar-refractivity contribution in [2.75, 3.05) is 5.75 Å². The quantitative estimate of drug-likeness (QED) is 0.338. The van der Waals surface area contributed by atoms with E-state index in [0.717, 1.165) is 23.3 Å². The van der Waals surface area contributed by atoms with Crippen LogP contribution in [-0.2, 0) is 0 Å². The molecule has 0 unspecified atom stereocenters. The Morgan fingerprint density at radius 3 is 2.64 bits per heavy atom. The number of nitrogens with zero attached hydrogens (tertiary/aromatic N) is 1. The van der Waals surface area contributed by atoms with Gasteiger partial charge in [-0.1, -0.05) is 41.6 Å². The average Bonchev–Trinajstić information content (AvgIpc) is 2.21. The maximum Gasteiger partial charge on any atom is 0.0739 e.